The average molecular weight is 272 g/mol. The second-order valence-electron chi connectivity index (χ2n) is 4.81. The molecular weight excluding hydrogens is 256 g/mol. The Morgan fingerprint density at radius 1 is 1.30 bits per heavy atom. The number of fused-ring (bicyclic) bond motifs is 1. The van der Waals surface area contributed by atoms with Crippen molar-refractivity contribution in [1.82, 2.24) is 34.8 Å². The first-order valence-corrected chi connectivity index (χ1v) is 6.54. The van der Waals surface area contributed by atoms with Gasteiger partial charge in [0.2, 0.25) is 0 Å². The maximum Gasteiger partial charge on any atom is 0.200 e. The molecule has 20 heavy (non-hydrogen) atoms. The highest BCUT2D eigenvalue weighted by atomic mass is 15.6. The van der Waals surface area contributed by atoms with Crippen molar-refractivity contribution in [3.05, 3.63) is 30.4 Å². The minimum absolute atomic E-state index is 0.417. The molecule has 0 spiro atoms. The van der Waals surface area contributed by atoms with Gasteiger partial charge in [-0.1, -0.05) is 13.8 Å². The molecule has 0 aromatic carbocycles. The van der Waals surface area contributed by atoms with E-state index in [1.54, 1.807) is 0 Å². The van der Waals surface area contributed by atoms with Gasteiger partial charge in [-0.05, 0) is 22.6 Å². The quantitative estimate of drug-likeness (QED) is 0.744. The van der Waals surface area contributed by atoms with E-state index in [2.05, 4.69) is 49.3 Å². The van der Waals surface area contributed by atoms with Gasteiger partial charge in [-0.25, -0.2) is 4.98 Å². The Balaban J connectivity index is 1.63. The highest BCUT2D eigenvalue weighted by molar-refractivity contribution is 5.41. The van der Waals surface area contributed by atoms with E-state index in [1.165, 1.54) is 4.63 Å². The van der Waals surface area contributed by atoms with E-state index in [-0.39, 0.29) is 0 Å². The van der Waals surface area contributed by atoms with Crippen molar-refractivity contribution in [3.63, 3.8) is 0 Å². The Morgan fingerprint density at radius 3 is 3.05 bits per heavy atom. The minimum atomic E-state index is 0.417. The summed E-state index contributed by atoms with van der Waals surface area (Å²) in [5.74, 6) is 2.26. The highest BCUT2D eigenvalue weighted by Crippen LogP contribution is 2.11. The van der Waals surface area contributed by atoms with Gasteiger partial charge in [0.05, 0.1) is 0 Å². The Hall–Kier alpha value is -2.51. The van der Waals surface area contributed by atoms with Crippen LogP contribution in [0, 0.1) is 0 Å². The van der Waals surface area contributed by atoms with Gasteiger partial charge in [-0.15, -0.1) is 14.8 Å². The molecule has 0 atom stereocenters. The fourth-order valence-electron chi connectivity index (χ4n) is 2.06. The third-order valence-corrected chi connectivity index (χ3v) is 2.99. The Bertz CT molecular complexity index is 698. The van der Waals surface area contributed by atoms with E-state index >= 15 is 0 Å². The van der Waals surface area contributed by atoms with Gasteiger partial charge in [-0.3, -0.25) is 0 Å². The van der Waals surface area contributed by atoms with Crippen molar-refractivity contribution >= 4 is 11.5 Å². The molecule has 0 aliphatic carbocycles. The number of aromatic nitrogens is 7. The first-order chi connectivity index (χ1) is 9.74. The SMILES string of the molecule is CC(C)c1nccn1CCNc1ccc2nnnn2n1. The zero-order valence-electron chi connectivity index (χ0n) is 11.4. The van der Waals surface area contributed by atoms with Crippen molar-refractivity contribution in [3.8, 4) is 0 Å². The van der Waals surface area contributed by atoms with Crippen LogP contribution in [-0.2, 0) is 6.54 Å². The fourth-order valence-corrected chi connectivity index (χ4v) is 2.06. The molecule has 0 fully saturated rings. The standard InChI is InChI=1S/C12H16N8/c1-9(2)12-14-6-8-19(12)7-5-13-10-3-4-11-15-17-18-20(11)16-10/h3-4,6,8-9H,5,7H2,1-2H3,(H,13,16). The van der Waals surface area contributed by atoms with Crippen LogP contribution >= 0.6 is 0 Å². The number of imidazole rings is 1. The predicted molar refractivity (Wildman–Crippen MR) is 73.4 cm³/mol. The molecule has 3 heterocycles. The number of rotatable bonds is 5. The number of nitrogens with one attached hydrogen (secondary N) is 1. The number of hydrogen-bond donors (Lipinski definition) is 1. The van der Waals surface area contributed by atoms with Gasteiger partial charge < -0.3 is 9.88 Å². The second-order valence-corrected chi connectivity index (χ2v) is 4.81. The van der Waals surface area contributed by atoms with Crippen LogP contribution < -0.4 is 5.32 Å². The summed E-state index contributed by atoms with van der Waals surface area (Å²) in [5.41, 5.74) is 0.632. The summed E-state index contributed by atoms with van der Waals surface area (Å²) in [6, 6.07) is 3.69. The molecule has 0 radical (unpaired) electrons. The molecule has 3 rings (SSSR count). The van der Waals surface area contributed by atoms with E-state index in [0.29, 0.717) is 11.6 Å². The van der Waals surface area contributed by atoms with Crippen LogP contribution in [0.1, 0.15) is 25.6 Å². The van der Waals surface area contributed by atoms with Gasteiger partial charge in [0, 0.05) is 31.4 Å². The van der Waals surface area contributed by atoms with Crippen molar-refractivity contribution in [2.45, 2.75) is 26.3 Å². The summed E-state index contributed by atoms with van der Waals surface area (Å²) in [7, 11) is 0. The van der Waals surface area contributed by atoms with Crippen LogP contribution in [0.4, 0.5) is 5.82 Å². The van der Waals surface area contributed by atoms with E-state index < -0.39 is 0 Å². The Kier molecular flexibility index (Phi) is 3.28. The number of tetrazole rings is 1. The lowest BCUT2D eigenvalue weighted by atomic mass is 10.2. The molecule has 0 saturated heterocycles. The number of nitrogens with zero attached hydrogens (tertiary/aromatic N) is 7. The van der Waals surface area contributed by atoms with E-state index in [0.717, 1.165) is 24.7 Å². The van der Waals surface area contributed by atoms with Crippen LogP contribution in [0.15, 0.2) is 24.5 Å². The van der Waals surface area contributed by atoms with Gasteiger partial charge in [0.25, 0.3) is 0 Å². The van der Waals surface area contributed by atoms with E-state index in [9.17, 15) is 0 Å². The van der Waals surface area contributed by atoms with Gasteiger partial charge in [0.15, 0.2) is 5.65 Å². The molecule has 0 saturated carbocycles. The van der Waals surface area contributed by atoms with Crippen molar-refractivity contribution in [2.24, 2.45) is 0 Å². The lowest BCUT2D eigenvalue weighted by Gasteiger charge is -2.11. The third kappa shape index (κ3) is 2.44. The van der Waals surface area contributed by atoms with Crippen LogP contribution in [0.25, 0.3) is 5.65 Å². The lowest BCUT2D eigenvalue weighted by molar-refractivity contribution is 0.635. The monoisotopic (exact) mass is 272 g/mol. The van der Waals surface area contributed by atoms with Gasteiger partial charge in [0.1, 0.15) is 11.6 Å². The zero-order valence-corrected chi connectivity index (χ0v) is 11.4. The molecule has 3 aromatic rings. The molecule has 1 N–H and O–H groups in total. The molecule has 8 nitrogen and oxygen atoms in total. The predicted octanol–water partition coefficient (Wildman–Crippen LogP) is 0.951. The van der Waals surface area contributed by atoms with Crippen molar-refractivity contribution < 1.29 is 0 Å². The summed E-state index contributed by atoms with van der Waals surface area (Å²) < 4.78 is 3.55. The summed E-state index contributed by atoms with van der Waals surface area (Å²) in [4.78, 5) is 4.36. The van der Waals surface area contributed by atoms with Gasteiger partial charge >= 0.3 is 0 Å². The number of anilines is 1. The molecule has 8 heteroatoms. The van der Waals surface area contributed by atoms with E-state index in [1.807, 2.05) is 24.5 Å². The molecule has 0 aliphatic rings. The molecule has 0 unspecified atom stereocenters. The fraction of sp³-hybridized carbons (Fsp3) is 0.417. The van der Waals surface area contributed by atoms with Crippen LogP contribution in [-0.4, -0.2) is 41.4 Å². The van der Waals surface area contributed by atoms with Crippen molar-refractivity contribution in [2.75, 3.05) is 11.9 Å². The van der Waals surface area contributed by atoms with Crippen LogP contribution in [0.2, 0.25) is 0 Å². The van der Waals surface area contributed by atoms with Crippen molar-refractivity contribution in [1.29, 1.82) is 0 Å². The summed E-state index contributed by atoms with van der Waals surface area (Å²) >= 11 is 0. The van der Waals surface area contributed by atoms with Gasteiger partial charge in [-0.2, -0.15) is 0 Å². The molecular formula is C12H16N8. The van der Waals surface area contributed by atoms with Crippen LogP contribution in [0.3, 0.4) is 0 Å². The Labute approximate surface area is 115 Å². The molecule has 0 bridgehead atoms. The largest absolute Gasteiger partial charge is 0.367 e. The molecule has 104 valence electrons. The summed E-state index contributed by atoms with van der Waals surface area (Å²) in [6.07, 6.45) is 3.83. The first kappa shape index (κ1) is 12.5. The zero-order chi connectivity index (χ0) is 13.9. The topological polar surface area (TPSA) is 85.8 Å². The van der Waals surface area contributed by atoms with Crippen LogP contribution in [0.5, 0.6) is 0 Å². The molecule has 0 amide bonds. The highest BCUT2D eigenvalue weighted by Gasteiger charge is 2.06. The first-order valence-electron chi connectivity index (χ1n) is 6.54. The summed E-state index contributed by atoms with van der Waals surface area (Å²) in [6.45, 7) is 5.87. The maximum atomic E-state index is 4.36. The Morgan fingerprint density at radius 2 is 2.20 bits per heavy atom. The average Bonchev–Trinajstić information content (AvgIpc) is 3.06. The maximum absolute atomic E-state index is 4.36. The normalized spacial score (nSPS) is 11.3. The molecule has 3 aromatic heterocycles. The molecule has 0 aliphatic heterocycles. The number of hydrogen-bond acceptors (Lipinski definition) is 6. The minimum Gasteiger partial charge on any atom is -0.367 e. The third-order valence-electron chi connectivity index (χ3n) is 2.99. The lowest BCUT2D eigenvalue weighted by Crippen LogP contribution is -2.14. The van der Waals surface area contributed by atoms with E-state index in [4.69, 9.17) is 0 Å². The second kappa shape index (κ2) is 5.24. The summed E-state index contributed by atoms with van der Waals surface area (Å²) in [5, 5.41) is 18.6. The smallest absolute Gasteiger partial charge is 0.200 e.